The van der Waals surface area contributed by atoms with Gasteiger partial charge in [-0.25, -0.2) is 8.42 Å². The highest BCUT2D eigenvalue weighted by atomic mass is 32.2. The minimum atomic E-state index is -3.93. The fourth-order valence-corrected chi connectivity index (χ4v) is 4.60. The van der Waals surface area contributed by atoms with Crippen molar-refractivity contribution in [3.05, 3.63) is 78.4 Å². The van der Waals surface area contributed by atoms with E-state index in [0.29, 0.717) is 0 Å². The number of hydrogen-bond donors (Lipinski definition) is 3. The van der Waals surface area contributed by atoms with Crippen molar-refractivity contribution in [3.8, 4) is 0 Å². The van der Waals surface area contributed by atoms with Crippen molar-refractivity contribution in [2.24, 2.45) is 5.73 Å². The van der Waals surface area contributed by atoms with Crippen LogP contribution in [0, 0.1) is 0 Å². The Balaban J connectivity index is 1.75. The third-order valence-corrected chi connectivity index (χ3v) is 6.58. The minimum absolute atomic E-state index is 0.0403. The molecule has 0 aliphatic rings. The maximum absolute atomic E-state index is 12.8. The predicted octanol–water partition coefficient (Wildman–Crippen LogP) is 2.11. The Bertz CT molecular complexity index is 1210. The van der Waals surface area contributed by atoms with Crippen LogP contribution in [-0.2, 0) is 26.0 Å². The number of sulfonamides is 1. The fourth-order valence-electron chi connectivity index (χ4n) is 3.20. The third kappa shape index (κ3) is 5.48. The van der Waals surface area contributed by atoms with E-state index in [0.717, 1.165) is 16.3 Å². The second-order valence-electron chi connectivity index (χ2n) is 7.86. The van der Waals surface area contributed by atoms with Crippen LogP contribution in [0.15, 0.2) is 77.7 Å². The number of carbonyl (C=O) groups is 2. The quantitative estimate of drug-likeness (QED) is 0.498. The summed E-state index contributed by atoms with van der Waals surface area (Å²) in [7, 11) is -3.93. The van der Waals surface area contributed by atoms with E-state index in [9.17, 15) is 18.0 Å². The molecule has 3 rings (SSSR count). The number of fused-ring (bicyclic) bond motifs is 1. The lowest BCUT2D eigenvalue weighted by Crippen LogP contribution is -2.58. The monoisotopic (exact) mass is 439 g/mol. The van der Waals surface area contributed by atoms with Crippen molar-refractivity contribution in [2.45, 2.75) is 36.7 Å². The second kappa shape index (κ2) is 8.87. The molecule has 0 heterocycles. The molecule has 0 spiro atoms. The normalized spacial score (nSPS) is 13.0. The molecule has 0 aliphatic heterocycles. The van der Waals surface area contributed by atoms with Gasteiger partial charge in [-0.05, 0) is 42.3 Å². The predicted molar refractivity (Wildman–Crippen MR) is 120 cm³/mol. The number of hydrogen-bond acceptors (Lipinski definition) is 4. The number of amides is 2. The van der Waals surface area contributed by atoms with Crippen molar-refractivity contribution >= 4 is 32.6 Å². The molecule has 0 saturated heterocycles. The lowest BCUT2D eigenvalue weighted by Gasteiger charge is -2.27. The van der Waals surface area contributed by atoms with Gasteiger partial charge in [0.25, 0.3) is 0 Å². The Labute approximate surface area is 181 Å². The van der Waals surface area contributed by atoms with Crippen LogP contribution in [0.4, 0.5) is 0 Å². The summed E-state index contributed by atoms with van der Waals surface area (Å²) >= 11 is 0. The van der Waals surface area contributed by atoms with Gasteiger partial charge in [0, 0.05) is 6.42 Å². The van der Waals surface area contributed by atoms with E-state index in [1.165, 1.54) is 26.0 Å². The third-order valence-electron chi connectivity index (χ3n) is 4.91. The van der Waals surface area contributed by atoms with Crippen LogP contribution in [-0.4, -0.2) is 31.8 Å². The van der Waals surface area contributed by atoms with Crippen LogP contribution >= 0.6 is 0 Å². The van der Waals surface area contributed by atoms with Gasteiger partial charge in [-0.2, -0.15) is 4.72 Å². The van der Waals surface area contributed by atoms with Crippen molar-refractivity contribution in [3.63, 3.8) is 0 Å². The van der Waals surface area contributed by atoms with E-state index in [1.807, 2.05) is 42.5 Å². The summed E-state index contributed by atoms with van der Waals surface area (Å²) in [4.78, 5) is 24.9. The number of benzene rings is 3. The molecule has 0 unspecified atom stereocenters. The smallest absolute Gasteiger partial charge is 0.241 e. The molecule has 162 valence electrons. The minimum Gasteiger partial charge on any atom is -0.368 e. The van der Waals surface area contributed by atoms with E-state index in [2.05, 4.69) is 10.0 Å². The number of primary amides is 1. The molecule has 7 nitrogen and oxygen atoms in total. The molecule has 8 heteroatoms. The largest absolute Gasteiger partial charge is 0.368 e. The number of rotatable bonds is 8. The highest BCUT2D eigenvalue weighted by molar-refractivity contribution is 7.89. The molecule has 0 aliphatic carbocycles. The van der Waals surface area contributed by atoms with Gasteiger partial charge in [0.15, 0.2) is 0 Å². The molecule has 2 amide bonds. The number of carbonyl (C=O) groups excluding carboxylic acids is 2. The molecular formula is C23H25N3O4S. The zero-order valence-corrected chi connectivity index (χ0v) is 18.1. The summed E-state index contributed by atoms with van der Waals surface area (Å²) in [6.45, 7) is 2.85. The molecule has 0 aromatic heterocycles. The summed E-state index contributed by atoms with van der Waals surface area (Å²) in [6, 6.07) is 20.3. The van der Waals surface area contributed by atoms with Crippen LogP contribution < -0.4 is 15.8 Å². The molecule has 0 bridgehead atoms. The van der Waals surface area contributed by atoms with E-state index in [4.69, 9.17) is 5.73 Å². The summed E-state index contributed by atoms with van der Waals surface area (Å²) in [5.41, 5.74) is 4.83. The van der Waals surface area contributed by atoms with E-state index in [1.54, 1.807) is 18.2 Å². The highest BCUT2D eigenvalue weighted by Crippen LogP contribution is 2.17. The lowest BCUT2D eigenvalue weighted by atomic mass is 10.00. The average Bonchev–Trinajstić information content (AvgIpc) is 2.73. The molecule has 4 N–H and O–H groups in total. The summed E-state index contributed by atoms with van der Waals surface area (Å²) in [5.74, 6) is -1.36. The molecular weight excluding hydrogens is 414 g/mol. The molecule has 1 atom stereocenters. The standard InChI is InChI=1S/C23H25N3O4S/c1-23(2,26-31(29,30)19-10-4-3-5-11-19)22(28)25-20(21(24)27)15-16-12-13-17-8-6-7-9-18(17)14-16/h3-14,20,26H,15H2,1-2H3,(H2,24,27)(H,25,28)/t20-/m1/s1. The van der Waals surface area contributed by atoms with Gasteiger partial charge in [0.1, 0.15) is 11.6 Å². The van der Waals surface area contributed by atoms with Gasteiger partial charge in [0.05, 0.1) is 4.90 Å². The van der Waals surface area contributed by atoms with E-state index < -0.39 is 33.4 Å². The summed E-state index contributed by atoms with van der Waals surface area (Å²) < 4.78 is 27.6. The topological polar surface area (TPSA) is 118 Å². The number of nitrogens with one attached hydrogen (secondary N) is 2. The highest BCUT2D eigenvalue weighted by Gasteiger charge is 2.35. The van der Waals surface area contributed by atoms with Gasteiger partial charge >= 0.3 is 0 Å². The van der Waals surface area contributed by atoms with Gasteiger partial charge in [-0.1, -0.05) is 60.7 Å². The van der Waals surface area contributed by atoms with Crippen molar-refractivity contribution in [1.29, 1.82) is 0 Å². The SMILES string of the molecule is CC(C)(NS(=O)(=O)c1ccccc1)C(=O)N[C@H](Cc1ccc2ccccc2c1)C(N)=O. The van der Waals surface area contributed by atoms with E-state index in [-0.39, 0.29) is 11.3 Å². The molecule has 3 aromatic rings. The zero-order valence-electron chi connectivity index (χ0n) is 17.3. The first-order chi connectivity index (χ1) is 14.6. The number of nitrogens with two attached hydrogens (primary N) is 1. The van der Waals surface area contributed by atoms with Crippen molar-refractivity contribution < 1.29 is 18.0 Å². The van der Waals surface area contributed by atoms with Crippen molar-refractivity contribution in [2.75, 3.05) is 0 Å². The van der Waals surface area contributed by atoms with Crippen LogP contribution in [0.5, 0.6) is 0 Å². The summed E-state index contributed by atoms with van der Waals surface area (Å²) in [6.07, 6.45) is 0.188. The maximum atomic E-state index is 12.8. The first-order valence-electron chi connectivity index (χ1n) is 9.75. The second-order valence-corrected chi connectivity index (χ2v) is 9.54. The van der Waals surface area contributed by atoms with Crippen molar-refractivity contribution in [1.82, 2.24) is 10.0 Å². The summed E-state index contributed by atoms with van der Waals surface area (Å²) in [5, 5.41) is 4.65. The fraction of sp³-hybridized carbons (Fsp3) is 0.217. The molecule has 0 saturated carbocycles. The Hall–Kier alpha value is -3.23. The molecule has 0 fully saturated rings. The first kappa shape index (κ1) is 22.5. The van der Waals surface area contributed by atoms with Gasteiger partial charge < -0.3 is 11.1 Å². The Morgan fingerprint density at radius 1 is 0.935 bits per heavy atom. The Kier molecular flexibility index (Phi) is 6.42. The van der Waals surface area contributed by atoms with Crippen LogP contribution in [0.1, 0.15) is 19.4 Å². The zero-order chi connectivity index (χ0) is 22.6. The van der Waals surface area contributed by atoms with Gasteiger partial charge in [-0.3, -0.25) is 9.59 Å². The Morgan fingerprint density at radius 3 is 2.19 bits per heavy atom. The van der Waals surface area contributed by atoms with Crippen LogP contribution in [0.25, 0.3) is 10.8 Å². The Morgan fingerprint density at radius 2 is 1.55 bits per heavy atom. The maximum Gasteiger partial charge on any atom is 0.241 e. The van der Waals surface area contributed by atoms with Gasteiger partial charge in [-0.15, -0.1) is 0 Å². The van der Waals surface area contributed by atoms with Gasteiger partial charge in [0.2, 0.25) is 21.8 Å². The van der Waals surface area contributed by atoms with Crippen LogP contribution in [0.2, 0.25) is 0 Å². The lowest BCUT2D eigenvalue weighted by molar-refractivity contribution is -0.130. The van der Waals surface area contributed by atoms with E-state index >= 15 is 0 Å². The first-order valence-corrected chi connectivity index (χ1v) is 11.2. The average molecular weight is 440 g/mol. The molecule has 3 aromatic carbocycles. The molecule has 31 heavy (non-hydrogen) atoms. The molecule has 0 radical (unpaired) electrons. The van der Waals surface area contributed by atoms with Crippen LogP contribution in [0.3, 0.4) is 0 Å².